The lowest BCUT2D eigenvalue weighted by Crippen LogP contribution is -2.65. The second-order valence-corrected chi connectivity index (χ2v) is 30.8. The number of rotatable bonds is 36. The molecule has 0 radical (unpaired) electrons. The molecule has 0 unspecified atom stereocenters. The normalized spacial score (nSPS) is 19.1. The molecule has 0 aromatic rings. The predicted octanol–water partition coefficient (Wildman–Crippen LogP) is -1.59. The van der Waals surface area contributed by atoms with Crippen LogP contribution in [0.1, 0.15) is 202 Å². The van der Waals surface area contributed by atoms with Crippen LogP contribution in [-0.4, -0.2) is 228 Å². The highest BCUT2D eigenvalue weighted by molar-refractivity contribution is 6.03. The molecule has 15 amide bonds. The van der Waals surface area contributed by atoms with E-state index in [1.165, 1.54) is 83.9 Å². The van der Waals surface area contributed by atoms with Gasteiger partial charge in [-0.25, -0.2) is 0 Å². The van der Waals surface area contributed by atoms with Crippen molar-refractivity contribution in [2.45, 2.75) is 284 Å². The number of likely N-dealkylation sites (tertiary alicyclic amines) is 3. The van der Waals surface area contributed by atoms with E-state index in [0.29, 0.717) is 32.1 Å². The van der Waals surface area contributed by atoms with E-state index >= 15 is 0 Å². The zero-order chi connectivity index (χ0) is 76.5. The summed E-state index contributed by atoms with van der Waals surface area (Å²) >= 11 is 0. The lowest BCUT2D eigenvalue weighted by atomic mass is 9.96. The first-order chi connectivity index (χ1) is 46.1. The minimum atomic E-state index is -1.74. The Morgan fingerprint density at radius 3 is 1.20 bits per heavy atom. The van der Waals surface area contributed by atoms with Crippen molar-refractivity contribution in [3.05, 3.63) is 0 Å². The molecule has 0 bridgehead atoms. The molecule has 3 fully saturated rings. The number of hydrogen-bond donors (Lipinski definition) is 14. The van der Waals surface area contributed by atoms with Gasteiger partial charge in [0.2, 0.25) is 88.6 Å². The van der Waals surface area contributed by atoms with Gasteiger partial charge in [0.05, 0.1) is 25.7 Å². The van der Waals surface area contributed by atoms with Crippen LogP contribution in [-0.2, 0) is 71.9 Å². The number of amides is 15. The van der Waals surface area contributed by atoms with Crippen LogP contribution in [0.2, 0.25) is 0 Å². The fourth-order valence-electron chi connectivity index (χ4n) is 12.4. The van der Waals surface area contributed by atoms with Crippen LogP contribution in [0, 0.1) is 23.7 Å². The van der Waals surface area contributed by atoms with Crippen LogP contribution in [0.4, 0.5) is 0 Å². The minimum absolute atomic E-state index is 0.0231. The molecule has 32 nitrogen and oxygen atoms in total. The zero-order valence-electron chi connectivity index (χ0n) is 62.3. The van der Waals surface area contributed by atoms with Crippen molar-refractivity contribution in [2.75, 3.05) is 32.8 Å². The maximum atomic E-state index is 14.5. The van der Waals surface area contributed by atoms with Crippen molar-refractivity contribution in [1.82, 2.24) is 73.2 Å². The van der Waals surface area contributed by atoms with Crippen molar-refractivity contribution in [3.8, 4) is 0 Å². The van der Waals surface area contributed by atoms with Gasteiger partial charge in [-0.3, -0.25) is 71.9 Å². The first-order valence-corrected chi connectivity index (χ1v) is 34.9. The molecule has 15 N–H and O–H groups in total. The molecule has 100 heavy (non-hydrogen) atoms. The van der Waals surface area contributed by atoms with Gasteiger partial charge in [-0.1, -0.05) is 62.3 Å². The molecular weight excluding hydrogens is 1300 g/mol. The van der Waals surface area contributed by atoms with Crippen molar-refractivity contribution in [1.29, 1.82) is 0 Å². The summed E-state index contributed by atoms with van der Waals surface area (Å²) in [6.07, 6.45) is 2.02. The summed E-state index contributed by atoms with van der Waals surface area (Å²) in [5.41, 5.74) is -2.72. The highest BCUT2D eigenvalue weighted by atomic mass is 16.3. The highest BCUT2D eigenvalue weighted by Crippen LogP contribution is 2.27. The monoisotopic (exact) mass is 1420 g/mol. The van der Waals surface area contributed by atoms with E-state index in [4.69, 9.17) is 5.73 Å². The maximum absolute atomic E-state index is 14.5. The number of hydrogen-bond acceptors (Lipinski definition) is 17. The molecule has 3 rings (SSSR count). The average Bonchev–Trinajstić information content (AvgIpc) is 1.56. The smallest absolute Gasteiger partial charge is 0.248 e. The van der Waals surface area contributed by atoms with Crippen molar-refractivity contribution >= 4 is 88.6 Å². The van der Waals surface area contributed by atoms with E-state index in [2.05, 4.69) is 58.5 Å². The zero-order valence-corrected chi connectivity index (χ0v) is 62.3. The molecule has 3 heterocycles. The van der Waals surface area contributed by atoms with E-state index in [1.54, 1.807) is 34.6 Å². The van der Waals surface area contributed by atoms with Crippen molar-refractivity contribution < 1.29 is 82.1 Å². The number of nitrogens with one attached hydrogen (secondary N) is 11. The van der Waals surface area contributed by atoms with Crippen LogP contribution in [0.5, 0.6) is 0 Å². The van der Waals surface area contributed by atoms with Gasteiger partial charge in [-0.05, 0) is 150 Å². The van der Waals surface area contributed by atoms with Crippen LogP contribution in [0.3, 0.4) is 0 Å². The summed E-state index contributed by atoms with van der Waals surface area (Å²) < 4.78 is 0. The molecule has 3 aliphatic rings. The summed E-state index contributed by atoms with van der Waals surface area (Å²) in [5, 5.41) is 49.4. The van der Waals surface area contributed by atoms with Gasteiger partial charge in [0.25, 0.3) is 0 Å². The van der Waals surface area contributed by atoms with Crippen molar-refractivity contribution in [3.63, 3.8) is 0 Å². The predicted molar refractivity (Wildman–Crippen MR) is 368 cm³/mol. The Bertz CT molecular complexity index is 3010. The fourth-order valence-corrected chi connectivity index (χ4v) is 12.4. The lowest BCUT2D eigenvalue weighted by molar-refractivity contribution is -0.146. The molecule has 0 saturated carbocycles. The minimum Gasteiger partial charge on any atom is -0.394 e. The largest absolute Gasteiger partial charge is 0.394 e. The highest BCUT2D eigenvalue weighted by Gasteiger charge is 2.48. The fraction of sp³-hybridized carbons (Fsp3) is 0.779. The second kappa shape index (κ2) is 36.5. The molecule has 0 spiro atoms. The van der Waals surface area contributed by atoms with Crippen LogP contribution in [0.25, 0.3) is 0 Å². The van der Waals surface area contributed by atoms with E-state index in [9.17, 15) is 82.1 Å². The Hall–Kier alpha value is -8.03. The Morgan fingerprint density at radius 2 is 0.820 bits per heavy atom. The number of nitrogens with zero attached hydrogens (tertiary/aromatic N) is 3. The van der Waals surface area contributed by atoms with E-state index in [1.807, 2.05) is 27.7 Å². The van der Waals surface area contributed by atoms with Crippen LogP contribution >= 0.6 is 0 Å². The molecule has 0 aromatic carbocycles. The molecule has 0 aliphatic carbocycles. The van der Waals surface area contributed by atoms with Gasteiger partial charge in [-0.2, -0.15) is 0 Å². The van der Waals surface area contributed by atoms with Gasteiger partial charge in [0.15, 0.2) is 0 Å². The van der Waals surface area contributed by atoms with Crippen LogP contribution in [0.15, 0.2) is 0 Å². The number of aliphatic hydroxyl groups excluding tert-OH is 2. The molecule has 10 atom stereocenters. The Morgan fingerprint density at radius 1 is 0.430 bits per heavy atom. The summed E-state index contributed by atoms with van der Waals surface area (Å²) in [5.74, 6) is -12.0. The van der Waals surface area contributed by atoms with Gasteiger partial charge >= 0.3 is 0 Å². The number of nitrogens with two attached hydrogens (primary N) is 1. The van der Waals surface area contributed by atoms with Crippen LogP contribution < -0.4 is 64.2 Å². The van der Waals surface area contributed by atoms with E-state index in [-0.39, 0.29) is 76.1 Å². The Kier molecular flexibility index (Phi) is 31.5. The molecule has 566 valence electrons. The number of carbonyl (C=O) groups is 15. The summed E-state index contributed by atoms with van der Waals surface area (Å²) in [6, 6.07) is -10.8. The molecular formula is C68H117N15O17. The lowest BCUT2D eigenvalue weighted by Gasteiger charge is -2.36. The summed E-state index contributed by atoms with van der Waals surface area (Å²) in [6.45, 7) is 29.2. The topological polar surface area (TPSA) is 465 Å². The molecule has 3 aliphatic heterocycles. The standard InChI is InChI=1S/C68H117N15O17/c1-20-68(19,76-40(10)86)60(97)74-44(33-49(69)87)51(88)71-42(31-37(4)5)53(90)77-65(13,14)62(99)82-28-22-25-47(82)56(93)72-45(35-85)52(89)75-50(39(8)9)58(95)80-67(17,18)63(100)83-29-23-26-48(83)57(94)79-64(11,12)59(96)73-43(32-38(6)7)54(91)78-66(15,16)61(98)81-27-21-24-46(81)55(92)70-41(34-84)30-36(2)3/h36-39,41-48,50,84-85H,20-35H2,1-19H3,(H2,69,87)(H,70,92)(H,71,88)(H,72,93)(H,73,96)(H,74,97)(H,75,89)(H,76,86)(H,77,90)(H,78,91)(H,79,94)(H,80,95)/t41-,42-,43-,44-,45-,46-,47-,48-,50-,68+/m0/s1. The molecule has 0 aromatic heterocycles. The number of aliphatic hydroxyl groups is 2. The maximum Gasteiger partial charge on any atom is 0.248 e. The molecule has 32 heteroatoms. The SMILES string of the molecule is CC[C@@](C)(NC(C)=O)C(=O)N[C@@H](CC(N)=O)C(=O)N[C@@H](CC(C)C)C(=O)NC(C)(C)C(=O)N1CCC[C@H]1C(=O)N[C@@H](CO)C(=O)N[C@H](C(=O)NC(C)(C)C(=O)N1CCC[C@H]1C(=O)NC(C)(C)C(=O)N[C@@H](CC(C)C)C(=O)NC(C)(C)C(=O)N1CCC[C@H]1C(=O)N[C@H](CO)CC(C)C)C(C)C. The van der Waals surface area contributed by atoms with Gasteiger partial charge in [0.1, 0.15) is 76.0 Å². The number of carbonyl (C=O) groups excluding carboxylic acids is 15. The summed E-state index contributed by atoms with van der Waals surface area (Å²) in [7, 11) is 0. The van der Waals surface area contributed by atoms with E-state index < -0.39 is 190 Å². The quantitative estimate of drug-likeness (QED) is 0.0336. The molecule has 3 saturated heterocycles. The first-order valence-electron chi connectivity index (χ1n) is 34.9. The number of primary amides is 1. The second-order valence-electron chi connectivity index (χ2n) is 30.8. The third-order valence-corrected chi connectivity index (χ3v) is 18.1. The van der Waals surface area contributed by atoms with Crippen molar-refractivity contribution in [2.24, 2.45) is 29.4 Å². The van der Waals surface area contributed by atoms with Gasteiger partial charge < -0.3 is 89.1 Å². The van der Waals surface area contributed by atoms with Gasteiger partial charge in [-0.15, -0.1) is 0 Å². The summed E-state index contributed by atoms with van der Waals surface area (Å²) in [4.78, 5) is 210. The Labute approximate surface area is 588 Å². The third kappa shape index (κ3) is 24.1. The van der Waals surface area contributed by atoms with Gasteiger partial charge in [0, 0.05) is 26.6 Å². The first kappa shape index (κ1) is 86.2. The Balaban J connectivity index is 1.70. The van der Waals surface area contributed by atoms with E-state index in [0.717, 1.165) is 0 Å². The average molecular weight is 1420 g/mol. The third-order valence-electron chi connectivity index (χ3n) is 18.1.